The number of hydrogen-bond donors (Lipinski definition) is 5. The van der Waals surface area contributed by atoms with Gasteiger partial charge in [-0.15, -0.1) is 0 Å². The van der Waals surface area contributed by atoms with Crippen LogP contribution >= 0.6 is 0 Å². The molecule has 1 aromatic rings. The fraction of sp³-hybridized carbons (Fsp3) is 0.318. The van der Waals surface area contributed by atoms with Crippen LogP contribution in [0, 0.1) is 5.92 Å². The highest BCUT2D eigenvalue weighted by atomic mass is 16.3. The molecule has 4 unspecified atom stereocenters. The van der Waals surface area contributed by atoms with Crippen LogP contribution < -0.4 is 11.5 Å². The van der Waals surface area contributed by atoms with Crippen LogP contribution in [0.25, 0.3) is 0 Å². The Morgan fingerprint density at radius 3 is 2.36 bits per heavy atom. The van der Waals surface area contributed by atoms with Crippen LogP contribution in [-0.4, -0.2) is 39.5 Å². The van der Waals surface area contributed by atoms with E-state index in [1.54, 1.807) is 48.6 Å². The van der Waals surface area contributed by atoms with E-state index >= 15 is 0 Å². The van der Waals surface area contributed by atoms with Crippen molar-refractivity contribution in [2.24, 2.45) is 17.4 Å². The third-order valence-electron chi connectivity index (χ3n) is 4.44. The van der Waals surface area contributed by atoms with Gasteiger partial charge in [-0.3, -0.25) is 4.79 Å². The molecule has 0 aliphatic rings. The summed E-state index contributed by atoms with van der Waals surface area (Å²) in [6.45, 7) is 7.26. The molecule has 0 spiro atoms. The van der Waals surface area contributed by atoms with Crippen molar-refractivity contribution in [2.75, 3.05) is 0 Å². The molecule has 1 amide bonds. The molecule has 28 heavy (non-hydrogen) atoms. The zero-order chi connectivity index (χ0) is 21.1. The van der Waals surface area contributed by atoms with Crippen molar-refractivity contribution in [2.45, 2.75) is 37.5 Å². The van der Waals surface area contributed by atoms with Crippen LogP contribution in [0.4, 0.5) is 0 Å². The number of benzene rings is 1. The Kier molecular flexibility index (Phi) is 9.95. The first-order valence-electron chi connectivity index (χ1n) is 9.08. The van der Waals surface area contributed by atoms with E-state index < -0.39 is 30.1 Å². The van der Waals surface area contributed by atoms with Gasteiger partial charge < -0.3 is 26.8 Å². The molecule has 6 nitrogen and oxygen atoms in total. The Labute approximate surface area is 166 Å². The summed E-state index contributed by atoms with van der Waals surface area (Å²) >= 11 is 0. The maximum atomic E-state index is 11.7. The molecule has 0 bridgehead atoms. The summed E-state index contributed by atoms with van der Waals surface area (Å²) in [7, 11) is 0. The van der Waals surface area contributed by atoms with Gasteiger partial charge in [-0.1, -0.05) is 55.7 Å². The molecule has 6 heteroatoms. The highest BCUT2D eigenvalue weighted by molar-refractivity contribution is 5.78. The first kappa shape index (κ1) is 23.4. The Morgan fingerprint density at radius 1 is 1.18 bits per heavy atom. The van der Waals surface area contributed by atoms with E-state index in [2.05, 4.69) is 13.2 Å². The summed E-state index contributed by atoms with van der Waals surface area (Å²) in [5.41, 5.74) is 13.1. The van der Waals surface area contributed by atoms with Gasteiger partial charge in [0.1, 0.15) is 5.75 Å². The molecule has 0 heterocycles. The van der Waals surface area contributed by atoms with Crippen LogP contribution in [-0.2, 0) is 11.2 Å². The molecule has 7 N–H and O–H groups in total. The minimum absolute atomic E-state index is 0.168. The number of aliphatic hydroxyl groups excluding tert-OH is 2. The van der Waals surface area contributed by atoms with Gasteiger partial charge in [-0.2, -0.15) is 0 Å². The summed E-state index contributed by atoms with van der Waals surface area (Å²) in [6, 6.07) is 6.10. The standard InChI is InChI=1S/C22H30N2O4/c1-3-6-15(4-2)13-18(22(24)28)20(26)7-5-8-21(27)19(23)14-16-9-11-17(25)12-10-16/h3-7,9-12,18-21,25-27H,1-2,8,13-14,23H2,(H2,24,28)/b7-5+,15-6+. The van der Waals surface area contributed by atoms with Gasteiger partial charge in [0.2, 0.25) is 5.91 Å². The fourth-order valence-electron chi connectivity index (χ4n) is 2.72. The highest BCUT2D eigenvalue weighted by Crippen LogP contribution is 2.18. The number of phenols is 1. The first-order chi connectivity index (χ1) is 13.3. The third kappa shape index (κ3) is 7.92. The molecule has 0 fully saturated rings. The summed E-state index contributed by atoms with van der Waals surface area (Å²) in [5, 5.41) is 29.8. The van der Waals surface area contributed by atoms with Crippen LogP contribution in [0.15, 0.2) is 73.4 Å². The van der Waals surface area contributed by atoms with E-state index in [4.69, 9.17) is 11.5 Å². The average Bonchev–Trinajstić information content (AvgIpc) is 2.66. The van der Waals surface area contributed by atoms with Crippen LogP contribution in [0.5, 0.6) is 5.75 Å². The lowest BCUT2D eigenvalue weighted by Crippen LogP contribution is -2.36. The summed E-state index contributed by atoms with van der Waals surface area (Å²) in [4.78, 5) is 11.7. The van der Waals surface area contributed by atoms with Crippen LogP contribution in [0.1, 0.15) is 18.4 Å². The van der Waals surface area contributed by atoms with E-state index in [1.165, 1.54) is 6.08 Å². The SMILES string of the molecule is C=C/C=C(\C=C)CC(C(N)=O)C(O)/C=C/CC(O)C(N)Cc1ccc(O)cc1. The molecule has 0 saturated heterocycles. The smallest absolute Gasteiger partial charge is 0.223 e. The molecule has 1 rings (SSSR count). The summed E-state index contributed by atoms with van der Waals surface area (Å²) in [6.07, 6.45) is 6.87. The Bertz CT molecular complexity index is 710. The van der Waals surface area contributed by atoms with Crippen molar-refractivity contribution in [3.8, 4) is 5.75 Å². The van der Waals surface area contributed by atoms with E-state index in [0.29, 0.717) is 6.42 Å². The van der Waals surface area contributed by atoms with Crippen LogP contribution in [0.3, 0.4) is 0 Å². The van der Waals surface area contributed by atoms with Crippen LogP contribution in [0.2, 0.25) is 0 Å². The summed E-state index contributed by atoms with van der Waals surface area (Å²) < 4.78 is 0. The number of nitrogens with two attached hydrogens (primary N) is 2. The lowest BCUT2D eigenvalue weighted by atomic mass is 9.92. The van der Waals surface area contributed by atoms with E-state index in [0.717, 1.165) is 11.1 Å². The molecule has 0 saturated carbocycles. The Hall–Kier alpha value is -2.67. The summed E-state index contributed by atoms with van der Waals surface area (Å²) in [5.74, 6) is -1.27. The lowest BCUT2D eigenvalue weighted by Gasteiger charge is -2.19. The number of aromatic hydroxyl groups is 1. The number of phenolic OH excluding ortho intramolecular Hbond substituents is 1. The normalized spacial score (nSPS) is 16.3. The van der Waals surface area contributed by atoms with E-state index in [-0.39, 0.29) is 18.6 Å². The minimum Gasteiger partial charge on any atom is -0.508 e. The maximum Gasteiger partial charge on any atom is 0.223 e. The number of hydrogen-bond acceptors (Lipinski definition) is 5. The number of amides is 1. The number of primary amides is 1. The van der Waals surface area contributed by atoms with Gasteiger partial charge in [0.15, 0.2) is 0 Å². The molecule has 0 aliphatic heterocycles. The number of aliphatic hydroxyl groups is 2. The largest absolute Gasteiger partial charge is 0.508 e. The highest BCUT2D eigenvalue weighted by Gasteiger charge is 2.23. The maximum absolute atomic E-state index is 11.7. The van der Waals surface area contributed by atoms with Gasteiger partial charge in [-0.05, 0) is 42.5 Å². The molecular weight excluding hydrogens is 356 g/mol. The molecule has 152 valence electrons. The monoisotopic (exact) mass is 386 g/mol. The molecule has 0 radical (unpaired) electrons. The number of allylic oxidation sites excluding steroid dienone is 4. The van der Waals surface area contributed by atoms with Crippen molar-refractivity contribution in [3.63, 3.8) is 0 Å². The van der Waals surface area contributed by atoms with Gasteiger partial charge in [0, 0.05) is 6.04 Å². The lowest BCUT2D eigenvalue weighted by molar-refractivity contribution is -0.124. The van der Waals surface area contributed by atoms with Gasteiger partial charge in [-0.25, -0.2) is 0 Å². The zero-order valence-electron chi connectivity index (χ0n) is 15.9. The Balaban J connectivity index is 2.63. The second-order valence-corrected chi connectivity index (χ2v) is 6.65. The van der Waals surface area contributed by atoms with Crippen molar-refractivity contribution in [3.05, 3.63) is 78.9 Å². The number of rotatable bonds is 12. The predicted molar refractivity (Wildman–Crippen MR) is 111 cm³/mol. The predicted octanol–water partition coefficient (Wildman–Crippen LogP) is 1.72. The average molecular weight is 386 g/mol. The van der Waals surface area contributed by atoms with E-state index in [9.17, 15) is 20.1 Å². The first-order valence-corrected chi connectivity index (χ1v) is 9.08. The quantitative estimate of drug-likeness (QED) is 0.276. The Morgan fingerprint density at radius 2 is 1.82 bits per heavy atom. The zero-order valence-corrected chi connectivity index (χ0v) is 15.9. The van der Waals surface area contributed by atoms with E-state index in [1.807, 2.05) is 0 Å². The van der Waals surface area contributed by atoms with Crippen molar-refractivity contribution in [1.82, 2.24) is 0 Å². The van der Waals surface area contributed by atoms with Crippen molar-refractivity contribution < 1.29 is 20.1 Å². The molecule has 1 aromatic carbocycles. The molecular formula is C22H30N2O4. The minimum atomic E-state index is -1.09. The van der Waals surface area contributed by atoms with Crippen molar-refractivity contribution >= 4 is 5.91 Å². The van der Waals surface area contributed by atoms with Gasteiger partial charge >= 0.3 is 0 Å². The fourth-order valence-corrected chi connectivity index (χ4v) is 2.72. The molecule has 0 aromatic heterocycles. The topological polar surface area (TPSA) is 130 Å². The number of carbonyl (C=O) groups excluding carboxylic acids is 1. The second-order valence-electron chi connectivity index (χ2n) is 6.65. The van der Waals surface area contributed by atoms with Crippen molar-refractivity contribution in [1.29, 1.82) is 0 Å². The third-order valence-corrected chi connectivity index (χ3v) is 4.44. The molecule has 4 atom stereocenters. The number of carbonyl (C=O) groups is 1. The van der Waals surface area contributed by atoms with Gasteiger partial charge in [0.05, 0.1) is 18.1 Å². The second kappa shape index (κ2) is 11.9. The van der Waals surface area contributed by atoms with Gasteiger partial charge in [0.25, 0.3) is 0 Å². The molecule has 0 aliphatic carbocycles.